The largest absolute Gasteiger partial charge is 0.382 e. The molecule has 0 saturated carbocycles. The average Bonchev–Trinajstić information content (AvgIpc) is 3.32. The Balaban J connectivity index is 1.78. The van der Waals surface area contributed by atoms with Gasteiger partial charge in [-0.3, -0.25) is 19.3 Å². The predicted molar refractivity (Wildman–Crippen MR) is 112 cm³/mol. The Hall–Kier alpha value is -3.40. The molecule has 0 bridgehead atoms. The van der Waals surface area contributed by atoms with Gasteiger partial charge in [0.05, 0.1) is 17.6 Å². The first-order chi connectivity index (χ1) is 14.0. The number of nitrogen functional groups attached to an aromatic ring is 1. The number of H-pyrrole nitrogens is 1. The number of carbonyl (C=O) groups excluding carboxylic acids is 1. The highest BCUT2D eigenvalue weighted by Gasteiger charge is 2.18. The van der Waals surface area contributed by atoms with Gasteiger partial charge >= 0.3 is 0 Å². The molecular formula is C19H19N7O2S. The minimum atomic E-state index is -0.251. The number of para-hydroxylation sites is 1. The van der Waals surface area contributed by atoms with E-state index in [4.69, 9.17) is 5.73 Å². The van der Waals surface area contributed by atoms with Crippen molar-refractivity contribution in [2.45, 2.75) is 25.4 Å². The number of hydrogen-bond donors (Lipinski definition) is 2. The molecule has 0 amide bonds. The maximum Gasteiger partial charge on any atom is 0.269 e. The standard InChI is InChI=1S/C19H19N7O2S/c1-3-12-6-4-5-7-14(12)25-18(28)13-9-21-23-17(13)22-19(25)29-10-16(27)26-11(2)8-15(20)24-26/h4-9H,3,10H2,1-2H3,(H2,20,24)(H,21,23). The van der Waals surface area contributed by atoms with Crippen LogP contribution in [-0.2, 0) is 6.42 Å². The third-order valence-electron chi connectivity index (χ3n) is 4.53. The number of fused-ring (bicyclic) bond motifs is 1. The maximum absolute atomic E-state index is 13.2. The Morgan fingerprint density at radius 3 is 2.83 bits per heavy atom. The molecule has 10 heteroatoms. The number of carbonyl (C=O) groups is 1. The van der Waals surface area contributed by atoms with Crippen molar-refractivity contribution in [3.63, 3.8) is 0 Å². The molecule has 0 unspecified atom stereocenters. The van der Waals surface area contributed by atoms with Gasteiger partial charge in [0.15, 0.2) is 10.8 Å². The van der Waals surface area contributed by atoms with Crippen molar-refractivity contribution in [3.05, 3.63) is 58.1 Å². The molecule has 0 spiro atoms. The minimum absolute atomic E-state index is 0.0440. The van der Waals surface area contributed by atoms with E-state index in [-0.39, 0.29) is 23.0 Å². The Morgan fingerprint density at radius 2 is 2.10 bits per heavy atom. The van der Waals surface area contributed by atoms with E-state index >= 15 is 0 Å². The van der Waals surface area contributed by atoms with E-state index in [0.717, 1.165) is 17.7 Å². The molecule has 0 aliphatic carbocycles. The second-order valence-electron chi connectivity index (χ2n) is 6.45. The number of benzene rings is 1. The van der Waals surface area contributed by atoms with Gasteiger partial charge in [-0.25, -0.2) is 9.67 Å². The van der Waals surface area contributed by atoms with Crippen LogP contribution in [0.3, 0.4) is 0 Å². The van der Waals surface area contributed by atoms with Crippen molar-refractivity contribution in [1.82, 2.24) is 29.5 Å². The first kappa shape index (κ1) is 18.9. The van der Waals surface area contributed by atoms with Crippen LogP contribution in [0.2, 0.25) is 0 Å². The lowest BCUT2D eigenvalue weighted by Gasteiger charge is -2.14. The monoisotopic (exact) mass is 409 g/mol. The zero-order valence-corrected chi connectivity index (χ0v) is 16.7. The van der Waals surface area contributed by atoms with Crippen molar-refractivity contribution in [2.75, 3.05) is 11.5 Å². The number of aromatic nitrogens is 6. The van der Waals surface area contributed by atoms with Gasteiger partial charge in [-0.2, -0.15) is 5.10 Å². The lowest BCUT2D eigenvalue weighted by Crippen LogP contribution is -2.23. The topological polar surface area (TPSA) is 124 Å². The zero-order chi connectivity index (χ0) is 20.5. The molecule has 148 valence electrons. The molecule has 0 radical (unpaired) electrons. The highest BCUT2D eigenvalue weighted by atomic mass is 32.2. The Labute approximate surface area is 169 Å². The molecule has 0 fully saturated rings. The smallest absolute Gasteiger partial charge is 0.269 e. The molecule has 4 rings (SSSR count). The molecule has 9 nitrogen and oxygen atoms in total. The van der Waals surface area contributed by atoms with Gasteiger partial charge in [-0.1, -0.05) is 36.9 Å². The van der Waals surface area contributed by atoms with E-state index in [9.17, 15) is 9.59 Å². The summed E-state index contributed by atoms with van der Waals surface area (Å²) >= 11 is 1.17. The van der Waals surface area contributed by atoms with Crippen molar-refractivity contribution in [1.29, 1.82) is 0 Å². The molecule has 0 saturated heterocycles. The third kappa shape index (κ3) is 3.42. The summed E-state index contributed by atoms with van der Waals surface area (Å²) in [6.45, 7) is 3.78. The van der Waals surface area contributed by atoms with E-state index in [1.807, 2.05) is 31.2 Å². The lowest BCUT2D eigenvalue weighted by molar-refractivity contribution is 0.0924. The summed E-state index contributed by atoms with van der Waals surface area (Å²) in [5.41, 5.74) is 8.21. The van der Waals surface area contributed by atoms with Crippen LogP contribution in [0.25, 0.3) is 16.7 Å². The highest BCUT2D eigenvalue weighted by Crippen LogP contribution is 2.23. The number of nitrogens with zero attached hydrogens (tertiary/aromatic N) is 5. The number of nitrogens with one attached hydrogen (secondary N) is 1. The molecule has 0 atom stereocenters. The van der Waals surface area contributed by atoms with E-state index < -0.39 is 0 Å². The van der Waals surface area contributed by atoms with Gasteiger partial charge in [-0.15, -0.1) is 5.10 Å². The SMILES string of the molecule is CCc1ccccc1-n1c(SCC(=O)n2nc(N)cc2C)nc2[nH]ncc2c1=O. The van der Waals surface area contributed by atoms with E-state index in [0.29, 0.717) is 21.9 Å². The number of aromatic amines is 1. The van der Waals surface area contributed by atoms with Gasteiger partial charge in [0.1, 0.15) is 11.2 Å². The molecule has 0 aliphatic rings. The molecular weight excluding hydrogens is 390 g/mol. The quantitative estimate of drug-likeness (QED) is 0.382. The molecule has 3 N–H and O–H groups in total. The molecule has 1 aromatic carbocycles. The summed E-state index contributed by atoms with van der Waals surface area (Å²) in [6.07, 6.45) is 2.21. The van der Waals surface area contributed by atoms with Gasteiger partial charge in [0.25, 0.3) is 11.5 Å². The van der Waals surface area contributed by atoms with Crippen molar-refractivity contribution in [3.8, 4) is 5.69 Å². The maximum atomic E-state index is 13.2. The van der Waals surface area contributed by atoms with Crippen molar-refractivity contribution < 1.29 is 4.79 Å². The van der Waals surface area contributed by atoms with Crippen LogP contribution in [0.15, 0.2) is 46.5 Å². The number of nitrogens with two attached hydrogens (primary N) is 1. The van der Waals surface area contributed by atoms with Gasteiger partial charge < -0.3 is 5.73 Å². The molecule has 4 aromatic rings. The van der Waals surface area contributed by atoms with Crippen LogP contribution in [0, 0.1) is 6.92 Å². The molecule has 3 aromatic heterocycles. The van der Waals surface area contributed by atoms with E-state index in [2.05, 4.69) is 20.3 Å². The van der Waals surface area contributed by atoms with E-state index in [1.54, 1.807) is 17.6 Å². The van der Waals surface area contributed by atoms with Crippen LogP contribution in [-0.4, -0.2) is 41.2 Å². The van der Waals surface area contributed by atoms with Gasteiger partial charge in [-0.05, 0) is 25.0 Å². The van der Waals surface area contributed by atoms with Crippen molar-refractivity contribution >= 4 is 34.5 Å². The first-order valence-electron chi connectivity index (χ1n) is 9.02. The highest BCUT2D eigenvalue weighted by molar-refractivity contribution is 7.99. The Bertz CT molecular complexity index is 1270. The second kappa shape index (κ2) is 7.55. The van der Waals surface area contributed by atoms with Crippen LogP contribution in [0.1, 0.15) is 23.0 Å². The summed E-state index contributed by atoms with van der Waals surface area (Å²) in [4.78, 5) is 30.3. The van der Waals surface area contributed by atoms with E-state index in [1.165, 1.54) is 22.6 Å². The lowest BCUT2D eigenvalue weighted by atomic mass is 10.1. The summed E-state index contributed by atoms with van der Waals surface area (Å²) in [5.74, 6) is 0.0765. The van der Waals surface area contributed by atoms with Crippen LogP contribution < -0.4 is 11.3 Å². The fourth-order valence-corrected chi connectivity index (χ4v) is 3.99. The predicted octanol–water partition coefficient (Wildman–Crippen LogP) is 2.19. The summed E-state index contributed by atoms with van der Waals surface area (Å²) in [7, 11) is 0. The number of anilines is 1. The molecule has 29 heavy (non-hydrogen) atoms. The van der Waals surface area contributed by atoms with Crippen LogP contribution in [0.4, 0.5) is 5.82 Å². The van der Waals surface area contributed by atoms with Gasteiger partial charge in [0.2, 0.25) is 0 Å². The number of hydrogen-bond acceptors (Lipinski definition) is 7. The first-order valence-corrected chi connectivity index (χ1v) is 10.0. The second-order valence-corrected chi connectivity index (χ2v) is 7.40. The van der Waals surface area contributed by atoms with Crippen LogP contribution >= 0.6 is 11.8 Å². The summed E-state index contributed by atoms with van der Waals surface area (Å²) in [6, 6.07) is 9.27. The average molecular weight is 409 g/mol. The minimum Gasteiger partial charge on any atom is -0.382 e. The third-order valence-corrected chi connectivity index (χ3v) is 5.46. The zero-order valence-electron chi connectivity index (χ0n) is 15.9. The fourth-order valence-electron chi connectivity index (χ4n) is 3.15. The van der Waals surface area contributed by atoms with Gasteiger partial charge in [0, 0.05) is 11.8 Å². The van der Waals surface area contributed by atoms with Crippen LogP contribution in [0.5, 0.6) is 0 Å². The molecule has 3 heterocycles. The normalized spacial score (nSPS) is 11.2. The number of rotatable bonds is 5. The molecule has 0 aliphatic heterocycles. The Kier molecular flexibility index (Phi) is 4.93. The number of thioether (sulfide) groups is 1. The summed E-state index contributed by atoms with van der Waals surface area (Å²) in [5, 5.41) is 11.5. The fraction of sp³-hybridized carbons (Fsp3) is 0.211. The van der Waals surface area contributed by atoms with Crippen molar-refractivity contribution in [2.24, 2.45) is 0 Å². The number of aryl methyl sites for hydroxylation is 2. The Morgan fingerprint density at radius 1 is 1.31 bits per heavy atom. The summed E-state index contributed by atoms with van der Waals surface area (Å²) < 4.78 is 2.80.